The summed E-state index contributed by atoms with van der Waals surface area (Å²) in [5.41, 5.74) is 3.61. The van der Waals surface area contributed by atoms with Crippen LogP contribution in [0, 0.1) is 6.92 Å². The van der Waals surface area contributed by atoms with Gasteiger partial charge in [0.2, 0.25) is 0 Å². The predicted octanol–water partition coefficient (Wildman–Crippen LogP) is 3.12. The minimum Gasteiger partial charge on any atom is -0.337 e. The van der Waals surface area contributed by atoms with Gasteiger partial charge in [0.15, 0.2) is 5.03 Å². The van der Waals surface area contributed by atoms with Crippen LogP contribution in [0.3, 0.4) is 0 Å². The van der Waals surface area contributed by atoms with E-state index in [1.807, 2.05) is 71.5 Å². The van der Waals surface area contributed by atoms with Crippen molar-refractivity contribution in [3.05, 3.63) is 90.0 Å². The molecule has 0 radical (unpaired) electrons. The zero-order valence-electron chi connectivity index (χ0n) is 16.9. The highest BCUT2D eigenvalue weighted by Gasteiger charge is 2.20. The van der Waals surface area contributed by atoms with Gasteiger partial charge in [0.25, 0.3) is 10.0 Å². The normalized spacial score (nSPS) is 11.7. The molecule has 4 aromatic rings. The number of hydrogen-bond donors (Lipinski definition) is 1. The SMILES string of the molecule is Cc1nc(S(=O)(=O)NCc2cn(Cc3ccccc3)nc2-c2ccccc2)cn1C. The summed E-state index contributed by atoms with van der Waals surface area (Å²) in [6.07, 6.45) is 3.40. The van der Waals surface area contributed by atoms with E-state index in [1.165, 1.54) is 6.20 Å². The van der Waals surface area contributed by atoms with E-state index in [4.69, 9.17) is 5.10 Å². The van der Waals surface area contributed by atoms with Crippen molar-refractivity contribution in [1.29, 1.82) is 0 Å². The molecule has 0 aliphatic carbocycles. The topological polar surface area (TPSA) is 81.8 Å². The van der Waals surface area contributed by atoms with Crippen LogP contribution >= 0.6 is 0 Å². The Morgan fingerprint density at radius 3 is 2.27 bits per heavy atom. The fraction of sp³-hybridized carbons (Fsp3) is 0.182. The molecule has 2 aromatic heterocycles. The molecule has 0 fully saturated rings. The van der Waals surface area contributed by atoms with E-state index in [0.717, 1.165) is 22.4 Å². The molecular weight excluding hydrogens is 398 g/mol. The zero-order valence-corrected chi connectivity index (χ0v) is 17.7. The van der Waals surface area contributed by atoms with E-state index < -0.39 is 10.0 Å². The lowest BCUT2D eigenvalue weighted by molar-refractivity contribution is 0.577. The number of aromatic nitrogens is 4. The van der Waals surface area contributed by atoms with E-state index in [1.54, 1.807) is 18.5 Å². The standard InChI is InChI=1S/C22H23N5O2S/c1-17-24-21(16-26(17)2)30(28,29)23-13-20-15-27(14-18-9-5-3-6-10-18)25-22(20)19-11-7-4-8-12-19/h3-12,15-16,23H,13-14H2,1-2H3. The number of imidazole rings is 1. The number of nitrogens with zero attached hydrogens (tertiary/aromatic N) is 4. The Kier molecular flexibility index (Phi) is 5.52. The summed E-state index contributed by atoms with van der Waals surface area (Å²) in [5.74, 6) is 0.635. The third-order valence-corrected chi connectivity index (χ3v) is 6.16. The molecular formula is C22H23N5O2S. The van der Waals surface area contributed by atoms with Crippen LogP contribution in [-0.4, -0.2) is 27.7 Å². The molecule has 0 saturated carbocycles. The average Bonchev–Trinajstić information content (AvgIpc) is 3.31. The fourth-order valence-electron chi connectivity index (χ4n) is 3.19. The Bertz CT molecular complexity index is 1230. The summed E-state index contributed by atoms with van der Waals surface area (Å²) >= 11 is 0. The number of sulfonamides is 1. The smallest absolute Gasteiger partial charge is 0.259 e. The first-order valence-corrected chi connectivity index (χ1v) is 11.1. The van der Waals surface area contributed by atoms with Crippen LogP contribution in [0.15, 0.2) is 78.1 Å². The lowest BCUT2D eigenvalue weighted by Gasteiger charge is -2.05. The van der Waals surface area contributed by atoms with Gasteiger partial charge in [0.05, 0.1) is 12.2 Å². The highest BCUT2D eigenvalue weighted by molar-refractivity contribution is 7.89. The van der Waals surface area contributed by atoms with E-state index in [9.17, 15) is 8.42 Å². The van der Waals surface area contributed by atoms with Crippen LogP contribution in [-0.2, 0) is 30.2 Å². The fourth-order valence-corrected chi connectivity index (χ4v) is 4.23. The number of aryl methyl sites for hydroxylation is 2. The molecule has 0 bridgehead atoms. The Morgan fingerprint density at radius 2 is 1.63 bits per heavy atom. The molecule has 0 aliphatic heterocycles. The van der Waals surface area contributed by atoms with Gasteiger partial charge in [-0.15, -0.1) is 0 Å². The van der Waals surface area contributed by atoms with Crippen LogP contribution in [0.1, 0.15) is 17.0 Å². The number of benzene rings is 2. The first kappa shape index (κ1) is 20.1. The monoisotopic (exact) mass is 421 g/mol. The Hall–Kier alpha value is -3.23. The van der Waals surface area contributed by atoms with Crippen molar-refractivity contribution < 1.29 is 8.42 Å². The van der Waals surface area contributed by atoms with Gasteiger partial charge in [-0.1, -0.05) is 60.7 Å². The van der Waals surface area contributed by atoms with E-state index in [-0.39, 0.29) is 11.6 Å². The zero-order chi connectivity index (χ0) is 21.1. The van der Waals surface area contributed by atoms with E-state index in [2.05, 4.69) is 9.71 Å². The molecule has 2 heterocycles. The molecule has 1 N–H and O–H groups in total. The van der Waals surface area contributed by atoms with Gasteiger partial charge in [0, 0.05) is 37.1 Å². The highest BCUT2D eigenvalue weighted by atomic mass is 32.2. The average molecular weight is 422 g/mol. The maximum absolute atomic E-state index is 12.7. The first-order valence-electron chi connectivity index (χ1n) is 9.58. The molecule has 7 nitrogen and oxygen atoms in total. The molecule has 4 rings (SSSR count). The van der Waals surface area contributed by atoms with Crippen molar-refractivity contribution in [3.63, 3.8) is 0 Å². The van der Waals surface area contributed by atoms with Crippen LogP contribution in [0.4, 0.5) is 0 Å². The molecule has 30 heavy (non-hydrogen) atoms. The summed E-state index contributed by atoms with van der Waals surface area (Å²) in [6.45, 7) is 2.49. The molecule has 154 valence electrons. The predicted molar refractivity (Wildman–Crippen MR) is 115 cm³/mol. The number of hydrogen-bond acceptors (Lipinski definition) is 4. The van der Waals surface area contributed by atoms with Gasteiger partial charge >= 0.3 is 0 Å². The van der Waals surface area contributed by atoms with Gasteiger partial charge in [0.1, 0.15) is 5.82 Å². The lowest BCUT2D eigenvalue weighted by Crippen LogP contribution is -2.23. The summed E-state index contributed by atoms with van der Waals surface area (Å²) in [7, 11) is -1.96. The quantitative estimate of drug-likeness (QED) is 0.497. The number of nitrogens with one attached hydrogen (secondary N) is 1. The van der Waals surface area contributed by atoms with Crippen molar-refractivity contribution in [2.75, 3.05) is 0 Å². The largest absolute Gasteiger partial charge is 0.337 e. The van der Waals surface area contributed by atoms with Gasteiger partial charge in [-0.3, -0.25) is 4.68 Å². The Morgan fingerprint density at radius 1 is 0.967 bits per heavy atom. The summed E-state index contributed by atoms with van der Waals surface area (Å²) in [6, 6.07) is 19.8. The first-order chi connectivity index (χ1) is 14.4. The molecule has 0 aliphatic rings. The summed E-state index contributed by atoms with van der Waals surface area (Å²) in [5, 5.41) is 4.74. The molecule has 0 unspecified atom stereocenters. The maximum Gasteiger partial charge on any atom is 0.259 e. The van der Waals surface area contributed by atoms with Gasteiger partial charge < -0.3 is 4.57 Å². The third kappa shape index (κ3) is 4.34. The lowest BCUT2D eigenvalue weighted by atomic mass is 10.1. The maximum atomic E-state index is 12.7. The van der Waals surface area contributed by atoms with Crippen LogP contribution in [0.2, 0.25) is 0 Å². The van der Waals surface area contributed by atoms with Gasteiger partial charge in [-0.25, -0.2) is 18.1 Å². The highest BCUT2D eigenvalue weighted by Crippen LogP contribution is 2.23. The second-order valence-electron chi connectivity index (χ2n) is 7.11. The van der Waals surface area contributed by atoms with Crippen LogP contribution < -0.4 is 4.72 Å². The van der Waals surface area contributed by atoms with Crippen molar-refractivity contribution in [2.45, 2.75) is 25.0 Å². The van der Waals surface area contributed by atoms with Gasteiger partial charge in [-0.05, 0) is 12.5 Å². The van der Waals surface area contributed by atoms with Gasteiger partial charge in [-0.2, -0.15) is 5.10 Å². The second-order valence-corrected chi connectivity index (χ2v) is 8.83. The van der Waals surface area contributed by atoms with Crippen LogP contribution in [0.5, 0.6) is 0 Å². The number of rotatable bonds is 7. The third-order valence-electron chi connectivity index (χ3n) is 4.89. The second kappa shape index (κ2) is 8.25. The van der Waals surface area contributed by atoms with E-state index >= 15 is 0 Å². The Balaban J connectivity index is 1.62. The van der Waals surface area contributed by atoms with Crippen molar-refractivity contribution in [1.82, 2.24) is 24.1 Å². The molecule has 0 atom stereocenters. The van der Waals surface area contributed by atoms with E-state index in [0.29, 0.717) is 12.4 Å². The molecule has 0 spiro atoms. The minimum absolute atomic E-state index is 0.0143. The Labute approximate surface area is 176 Å². The molecule has 0 amide bonds. The summed E-state index contributed by atoms with van der Waals surface area (Å²) in [4.78, 5) is 4.13. The van der Waals surface area contributed by atoms with Crippen molar-refractivity contribution >= 4 is 10.0 Å². The van der Waals surface area contributed by atoms with Crippen molar-refractivity contribution in [2.24, 2.45) is 7.05 Å². The molecule has 8 heteroatoms. The molecule has 2 aromatic carbocycles. The van der Waals surface area contributed by atoms with Crippen molar-refractivity contribution in [3.8, 4) is 11.3 Å². The summed E-state index contributed by atoms with van der Waals surface area (Å²) < 4.78 is 31.6. The van der Waals surface area contributed by atoms with Crippen LogP contribution in [0.25, 0.3) is 11.3 Å². The molecule has 0 saturated heterocycles. The minimum atomic E-state index is -3.73.